The van der Waals surface area contributed by atoms with Gasteiger partial charge in [0.25, 0.3) is 0 Å². The molecule has 2 rings (SSSR count). The topological polar surface area (TPSA) is 41.6 Å². The van der Waals surface area contributed by atoms with Gasteiger partial charge >= 0.3 is 6.09 Å². The Hall–Kier alpha value is -2.49. The maximum Gasteiger partial charge on any atom is 0.409 e. The van der Waals surface area contributed by atoms with E-state index in [4.69, 9.17) is 4.74 Å². The molecule has 0 atom stereocenters. The quantitative estimate of drug-likeness (QED) is 0.884. The summed E-state index contributed by atoms with van der Waals surface area (Å²) in [5.74, 6) is 0. The number of hydrogen-bond acceptors (Lipinski definition) is 3. The van der Waals surface area contributed by atoms with Crippen LogP contribution in [-0.2, 0) is 11.3 Å². The summed E-state index contributed by atoms with van der Waals surface area (Å²) in [4.78, 5) is 13.5. The van der Waals surface area contributed by atoms with E-state index >= 15 is 0 Å². The molecule has 0 aliphatic rings. The molecule has 0 unspecified atom stereocenters. The maximum atomic E-state index is 11.8. The molecule has 2 aromatic rings. The van der Waals surface area contributed by atoms with Crippen LogP contribution in [0.5, 0.6) is 0 Å². The van der Waals surface area contributed by atoms with Crippen molar-refractivity contribution in [3.8, 4) is 0 Å². The van der Waals surface area contributed by atoms with Crippen LogP contribution in [0.15, 0.2) is 60.7 Å². The lowest BCUT2D eigenvalue weighted by Crippen LogP contribution is -2.34. The van der Waals surface area contributed by atoms with Gasteiger partial charge in [-0.3, -0.25) is 0 Å². The summed E-state index contributed by atoms with van der Waals surface area (Å²) in [6.45, 7) is 1.80. The van der Waals surface area contributed by atoms with Crippen LogP contribution in [0.2, 0.25) is 0 Å². The molecule has 1 amide bonds. The van der Waals surface area contributed by atoms with Crippen molar-refractivity contribution in [2.24, 2.45) is 0 Å². The Morgan fingerprint density at radius 3 is 2.29 bits per heavy atom. The van der Waals surface area contributed by atoms with E-state index in [9.17, 15) is 4.79 Å². The molecule has 4 nitrogen and oxygen atoms in total. The second-order valence-electron chi connectivity index (χ2n) is 4.67. The van der Waals surface area contributed by atoms with Crippen LogP contribution in [0, 0.1) is 0 Å². The van der Waals surface area contributed by atoms with Gasteiger partial charge in [-0.2, -0.15) is 0 Å². The summed E-state index contributed by atoms with van der Waals surface area (Å²) in [5, 5.41) is 3.29. The van der Waals surface area contributed by atoms with E-state index in [0.29, 0.717) is 19.6 Å². The summed E-state index contributed by atoms with van der Waals surface area (Å²) in [6.07, 6.45) is -0.311. The molecule has 0 fully saturated rings. The first kappa shape index (κ1) is 14.9. The smallest absolute Gasteiger partial charge is 0.409 e. The largest absolute Gasteiger partial charge is 0.453 e. The van der Waals surface area contributed by atoms with Crippen LogP contribution >= 0.6 is 0 Å². The fourth-order valence-electron chi connectivity index (χ4n) is 2.06. The maximum absolute atomic E-state index is 11.8. The van der Waals surface area contributed by atoms with E-state index in [0.717, 1.165) is 11.3 Å². The number of carbonyl (C=O) groups excluding carboxylic acids is 1. The molecular weight excluding hydrogens is 264 g/mol. The van der Waals surface area contributed by atoms with Crippen LogP contribution in [0.1, 0.15) is 5.56 Å². The van der Waals surface area contributed by atoms with Crippen LogP contribution in [-0.4, -0.2) is 31.2 Å². The number of benzene rings is 2. The highest BCUT2D eigenvalue weighted by Gasteiger charge is 2.13. The number of rotatable bonds is 6. The molecule has 0 radical (unpaired) electrons. The number of amides is 1. The van der Waals surface area contributed by atoms with Gasteiger partial charge < -0.3 is 15.0 Å². The van der Waals surface area contributed by atoms with Crippen molar-refractivity contribution < 1.29 is 9.53 Å². The van der Waals surface area contributed by atoms with E-state index in [2.05, 4.69) is 5.32 Å². The van der Waals surface area contributed by atoms with Gasteiger partial charge in [0.1, 0.15) is 0 Å². The number of hydrogen-bond donors (Lipinski definition) is 1. The number of carbonyl (C=O) groups is 1. The number of ether oxygens (including phenoxy) is 1. The van der Waals surface area contributed by atoms with Gasteiger partial charge in [-0.1, -0.05) is 48.5 Å². The summed E-state index contributed by atoms with van der Waals surface area (Å²) in [7, 11) is 1.41. The van der Waals surface area contributed by atoms with Crippen molar-refractivity contribution in [3.05, 3.63) is 66.2 Å². The van der Waals surface area contributed by atoms with E-state index in [1.807, 2.05) is 60.7 Å². The summed E-state index contributed by atoms with van der Waals surface area (Å²) >= 11 is 0. The molecule has 4 heteroatoms. The highest BCUT2D eigenvalue weighted by atomic mass is 16.5. The minimum Gasteiger partial charge on any atom is -0.453 e. The molecule has 0 bridgehead atoms. The fourth-order valence-corrected chi connectivity index (χ4v) is 2.06. The number of nitrogens with one attached hydrogen (secondary N) is 1. The normalized spacial score (nSPS) is 9.95. The Balaban J connectivity index is 1.89. The molecule has 21 heavy (non-hydrogen) atoms. The molecule has 1 N–H and O–H groups in total. The zero-order valence-corrected chi connectivity index (χ0v) is 12.2. The third-order valence-electron chi connectivity index (χ3n) is 3.13. The Morgan fingerprint density at radius 2 is 1.67 bits per heavy atom. The molecular formula is C17H20N2O2. The molecule has 0 aliphatic heterocycles. The van der Waals surface area contributed by atoms with Crippen molar-refractivity contribution in [1.29, 1.82) is 0 Å². The fraction of sp³-hybridized carbons (Fsp3) is 0.235. The van der Waals surface area contributed by atoms with Gasteiger partial charge in [-0.25, -0.2) is 4.79 Å². The van der Waals surface area contributed by atoms with Crippen LogP contribution < -0.4 is 5.32 Å². The first-order valence-corrected chi connectivity index (χ1v) is 6.95. The van der Waals surface area contributed by atoms with Crippen molar-refractivity contribution in [3.63, 3.8) is 0 Å². The van der Waals surface area contributed by atoms with Gasteiger partial charge in [0.15, 0.2) is 0 Å². The zero-order chi connectivity index (χ0) is 14.9. The van der Waals surface area contributed by atoms with Crippen molar-refractivity contribution >= 4 is 11.8 Å². The van der Waals surface area contributed by atoms with E-state index in [1.54, 1.807) is 4.90 Å². The second kappa shape index (κ2) is 7.94. The van der Waals surface area contributed by atoms with Gasteiger partial charge in [0, 0.05) is 25.3 Å². The van der Waals surface area contributed by atoms with E-state index in [1.165, 1.54) is 7.11 Å². The zero-order valence-electron chi connectivity index (χ0n) is 12.2. The van der Waals surface area contributed by atoms with Crippen molar-refractivity contribution in [2.45, 2.75) is 6.54 Å². The third-order valence-corrected chi connectivity index (χ3v) is 3.13. The lowest BCUT2D eigenvalue weighted by molar-refractivity contribution is 0.122. The standard InChI is InChI=1S/C17H20N2O2/c1-21-17(20)19(14-15-8-4-2-5-9-15)13-12-18-16-10-6-3-7-11-16/h2-11,18H,12-14H2,1H3. The van der Waals surface area contributed by atoms with Gasteiger partial charge in [0.2, 0.25) is 0 Å². The Labute approximate surface area is 125 Å². The van der Waals surface area contributed by atoms with E-state index in [-0.39, 0.29) is 6.09 Å². The summed E-state index contributed by atoms with van der Waals surface area (Å²) in [5.41, 5.74) is 2.13. The Kier molecular flexibility index (Phi) is 5.64. The third kappa shape index (κ3) is 4.84. The molecule has 0 spiro atoms. The highest BCUT2D eigenvalue weighted by molar-refractivity contribution is 5.67. The van der Waals surface area contributed by atoms with Gasteiger partial charge in [0.05, 0.1) is 7.11 Å². The van der Waals surface area contributed by atoms with Crippen molar-refractivity contribution in [1.82, 2.24) is 4.90 Å². The molecule has 0 saturated heterocycles. The number of para-hydroxylation sites is 1. The highest BCUT2D eigenvalue weighted by Crippen LogP contribution is 2.07. The number of nitrogens with zero attached hydrogens (tertiary/aromatic N) is 1. The average molecular weight is 284 g/mol. The molecule has 0 aromatic heterocycles. The lowest BCUT2D eigenvalue weighted by atomic mass is 10.2. The molecule has 2 aromatic carbocycles. The number of anilines is 1. The molecule has 110 valence electrons. The predicted octanol–water partition coefficient (Wildman–Crippen LogP) is 3.37. The SMILES string of the molecule is COC(=O)N(CCNc1ccccc1)Cc1ccccc1. The van der Waals surface area contributed by atoms with Gasteiger partial charge in [-0.15, -0.1) is 0 Å². The lowest BCUT2D eigenvalue weighted by Gasteiger charge is -2.21. The Bertz CT molecular complexity index is 543. The van der Waals surface area contributed by atoms with E-state index < -0.39 is 0 Å². The molecule has 0 aliphatic carbocycles. The van der Waals surface area contributed by atoms with Gasteiger partial charge in [-0.05, 0) is 17.7 Å². The molecule has 0 heterocycles. The summed E-state index contributed by atoms with van der Waals surface area (Å²) in [6, 6.07) is 19.8. The monoisotopic (exact) mass is 284 g/mol. The van der Waals surface area contributed by atoms with Crippen LogP contribution in [0.3, 0.4) is 0 Å². The molecule has 0 saturated carbocycles. The minimum absolute atomic E-state index is 0.311. The first-order chi connectivity index (χ1) is 10.3. The minimum atomic E-state index is -0.311. The predicted molar refractivity (Wildman–Crippen MR) is 84.2 cm³/mol. The summed E-state index contributed by atoms with van der Waals surface area (Å²) < 4.78 is 4.85. The van der Waals surface area contributed by atoms with Crippen molar-refractivity contribution in [2.75, 3.05) is 25.5 Å². The average Bonchev–Trinajstić information content (AvgIpc) is 2.55. The van der Waals surface area contributed by atoms with Crippen LogP contribution in [0.25, 0.3) is 0 Å². The Morgan fingerprint density at radius 1 is 1.05 bits per heavy atom. The van der Waals surface area contributed by atoms with Crippen LogP contribution in [0.4, 0.5) is 10.5 Å². The first-order valence-electron chi connectivity index (χ1n) is 6.95. The number of methoxy groups -OCH3 is 1. The second-order valence-corrected chi connectivity index (χ2v) is 4.67.